The first-order valence-electron chi connectivity index (χ1n) is 8.36. The van der Waals surface area contributed by atoms with Gasteiger partial charge in [-0.1, -0.05) is 34.1 Å². The first-order chi connectivity index (χ1) is 13.5. The number of nitrogens with zero attached hydrogens (tertiary/aromatic N) is 2. The van der Waals surface area contributed by atoms with Crippen molar-refractivity contribution in [2.24, 2.45) is 0 Å². The van der Waals surface area contributed by atoms with Gasteiger partial charge >= 0.3 is 0 Å². The standard InChI is InChI=1S/C21H13BrFN3O2/c22-14-7-9-18(17(23)11-14)25-20(27)13-6-8-16-19(10-13)24-12-26(21(16)28)15-4-2-1-3-5-15/h1-12H,(H,25,27). The Bertz CT molecular complexity index is 1260. The van der Waals surface area contributed by atoms with Crippen molar-refractivity contribution in [3.63, 3.8) is 0 Å². The maximum Gasteiger partial charge on any atom is 0.265 e. The van der Waals surface area contributed by atoms with Crippen LogP contribution in [0, 0.1) is 5.82 Å². The number of halogens is 2. The van der Waals surface area contributed by atoms with Crippen LogP contribution in [0.3, 0.4) is 0 Å². The van der Waals surface area contributed by atoms with Crippen molar-refractivity contribution in [3.8, 4) is 5.69 Å². The van der Waals surface area contributed by atoms with Gasteiger partial charge in [0.2, 0.25) is 0 Å². The highest BCUT2D eigenvalue weighted by Gasteiger charge is 2.12. The molecule has 0 saturated carbocycles. The molecule has 0 aliphatic heterocycles. The third-order valence-corrected chi connectivity index (χ3v) is 4.73. The molecule has 138 valence electrons. The topological polar surface area (TPSA) is 64.0 Å². The van der Waals surface area contributed by atoms with Crippen molar-refractivity contribution in [2.45, 2.75) is 0 Å². The zero-order valence-corrected chi connectivity index (χ0v) is 16.0. The molecule has 0 aliphatic rings. The molecule has 0 fully saturated rings. The number of hydrogen-bond donors (Lipinski definition) is 1. The summed E-state index contributed by atoms with van der Waals surface area (Å²) in [5.41, 5.74) is 1.21. The fraction of sp³-hybridized carbons (Fsp3) is 0. The molecule has 1 N–H and O–H groups in total. The number of amides is 1. The highest BCUT2D eigenvalue weighted by atomic mass is 79.9. The average molecular weight is 438 g/mol. The number of benzene rings is 3. The van der Waals surface area contributed by atoms with Crippen LogP contribution >= 0.6 is 15.9 Å². The molecule has 0 radical (unpaired) electrons. The summed E-state index contributed by atoms with van der Waals surface area (Å²) in [5.74, 6) is -1.04. The molecule has 4 aromatic rings. The van der Waals surface area contributed by atoms with E-state index in [9.17, 15) is 14.0 Å². The first-order valence-corrected chi connectivity index (χ1v) is 9.15. The fourth-order valence-electron chi connectivity index (χ4n) is 2.82. The molecule has 0 bridgehead atoms. The summed E-state index contributed by atoms with van der Waals surface area (Å²) >= 11 is 3.17. The molecule has 0 spiro atoms. The van der Waals surface area contributed by atoms with Crippen LogP contribution in [0.15, 0.2) is 82.3 Å². The van der Waals surface area contributed by atoms with Gasteiger partial charge in [0.25, 0.3) is 11.5 Å². The lowest BCUT2D eigenvalue weighted by Gasteiger charge is -2.09. The smallest absolute Gasteiger partial charge is 0.265 e. The zero-order chi connectivity index (χ0) is 19.7. The summed E-state index contributed by atoms with van der Waals surface area (Å²) in [6.07, 6.45) is 1.43. The van der Waals surface area contributed by atoms with Gasteiger partial charge in [-0.15, -0.1) is 0 Å². The molecule has 0 aliphatic carbocycles. The summed E-state index contributed by atoms with van der Waals surface area (Å²) in [7, 11) is 0. The first kappa shape index (κ1) is 18.1. The Balaban J connectivity index is 1.68. The van der Waals surface area contributed by atoms with Crippen LogP contribution in [0.5, 0.6) is 0 Å². The minimum Gasteiger partial charge on any atom is -0.319 e. The minimum atomic E-state index is -0.549. The molecule has 4 rings (SSSR count). The van der Waals surface area contributed by atoms with E-state index in [1.807, 2.05) is 30.3 Å². The molecular weight excluding hydrogens is 425 g/mol. The van der Waals surface area contributed by atoms with Crippen molar-refractivity contribution in [1.29, 1.82) is 0 Å². The van der Waals surface area contributed by atoms with Crippen molar-refractivity contribution in [1.82, 2.24) is 9.55 Å². The molecule has 1 amide bonds. The number of rotatable bonds is 3. The second kappa shape index (κ2) is 7.36. The summed E-state index contributed by atoms with van der Waals surface area (Å²) < 4.78 is 16.0. The predicted octanol–water partition coefficient (Wildman–Crippen LogP) is 4.54. The molecule has 0 atom stereocenters. The van der Waals surface area contributed by atoms with E-state index >= 15 is 0 Å². The van der Waals surface area contributed by atoms with E-state index in [0.29, 0.717) is 21.1 Å². The Hall–Kier alpha value is -3.32. The summed E-state index contributed by atoms with van der Waals surface area (Å²) in [6.45, 7) is 0. The maximum atomic E-state index is 13.9. The lowest BCUT2D eigenvalue weighted by atomic mass is 10.1. The molecule has 7 heteroatoms. The third kappa shape index (κ3) is 3.44. The van der Waals surface area contributed by atoms with E-state index in [0.717, 1.165) is 0 Å². The second-order valence-electron chi connectivity index (χ2n) is 6.07. The van der Waals surface area contributed by atoms with Gasteiger partial charge in [0.1, 0.15) is 12.1 Å². The van der Waals surface area contributed by atoms with E-state index in [2.05, 4.69) is 26.2 Å². The van der Waals surface area contributed by atoms with Gasteiger partial charge in [0, 0.05) is 10.0 Å². The van der Waals surface area contributed by atoms with Gasteiger partial charge in [-0.2, -0.15) is 0 Å². The number of fused-ring (bicyclic) bond motifs is 1. The number of para-hydroxylation sites is 1. The fourth-order valence-corrected chi connectivity index (χ4v) is 3.15. The molecule has 0 unspecified atom stereocenters. The van der Waals surface area contributed by atoms with E-state index in [1.54, 1.807) is 12.1 Å². The van der Waals surface area contributed by atoms with Crippen LogP contribution in [-0.4, -0.2) is 15.5 Å². The van der Waals surface area contributed by atoms with Crippen LogP contribution in [-0.2, 0) is 0 Å². The van der Waals surface area contributed by atoms with Gasteiger partial charge < -0.3 is 5.32 Å². The molecule has 3 aromatic carbocycles. The largest absolute Gasteiger partial charge is 0.319 e. The van der Waals surface area contributed by atoms with Crippen LogP contribution in [0.1, 0.15) is 10.4 Å². The van der Waals surface area contributed by atoms with Crippen LogP contribution < -0.4 is 10.9 Å². The predicted molar refractivity (Wildman–Crippen MR) is 109 cm³/mol. The second-order valence-corrected chi connectivity index (χ2v) is 6.98. The highest BCUT2D eigenvalue weighted by Crippen LogP contribution is 2.20. The number of nitrogens with one attached hydrogen (secondary N) is 1. The van der Waals surface area contributed by atoms with Crippen LogP contribution in [0.25, 0.3) is 16.6 Å². The number of carbonyl (C=O) groups excluding carboxylic acids is 1. The van der Waals surface area contributed by atoms with Gasteiger partial charge in [0.05, 0.1) is 22.3 Å². The van der Waals surface area contributed by atoms with Gasteiger partial charge in [-0.05, 0) is 48.5 Å². The molecule has 0 saturated heterocycles. The van der Waals surface area contributed by atoms with Crippen molar-refractivity contribution < 1.29 is 9.18 Å². The summed E-state index contributed by atoms with van der Waals surface area (Å²) in [4.78, 5) is 29.5. The van der Waals surface area contributed by atoms with Gasteiger partial charge in [0.15, 0.2) is 0 Å². The number of hydrogen-bond acceptors (Lipinski definition) is 3. The monoisotopic (exact) mass is 437 g/mol. The molecule has 1 aromatic heterocycles. The van der Waals surface area contributed by atoms with E-state index in [-0.39, 0.29) is 16.8 Å². The van der Waals surface area contributed by atoms with Crippen molar-refractivity contribution in [3.05, 3.63) is 99.3 Å². The van der Waals surface area contributed by atoms with Crippen molar-refractivity contribution in [2.75, 3.05) is 5.32 Å². The molecule has 1 heterocycles. The van der Waals surface area contributed by atoms with E-state index in [4.69, 9.17) is 0 Å². The number of anilines is 1. The van der Waals surface area contributed by atoms with E-state index in [1.165, 1.54) is 35.2 Å². The molecule has 28 heavy (non-hydrogen) atoms. The van der Waals surface area contributed by atoms with Crippen LogP contribution in [0.2, 0.25) is 0 Å². The number of aromatic nitrogens is 2. The Morgan fingerprint density at radius 2 is 1.82 bits per heavy atom. The lowest BCUT2D eigenvalue weighted by molar-refractivity contribution is 0.102. The molecule has 5 nitrogen and oxygen atoms in total. The summed E-state index contributed by atoms with van der Waals surface area (Å²) in [6, 6.07) is 18.1. The minimum absolute atomic E-state index is 0.0701. The van der Waals surface area contributed by atoms with Crippen molar-refractivity contribution >= 4 is 38.4 Å². The molecular formula is C21H13BrFN3O2. The Morgan fingerprint density at radius 1 is 1.04 bits per heavy atom. The van der Waals surface area contributed by atoms with Gasteiger partial charge in [-0.25, -0.2) is 9.37 Å². The lowest BCUT2D eigenvalue weighted by Crippen LogP contribution is -2.19. The normalized spacial score (nSPS) is 10.8. The van der Waals surface area contributed by atoms with E-state index < -0.39 is 11.7 Å². The quantitative estimate of drug-likeness (QED) is 0.511. The Morgan fingerprint density at radius 3 is 2.57 bits per heavy atom. The number of carbonyl (C=O) groups is 1. The van der Waals surface area contributed by atoms with Gasteiger partial charge in [-0.3, -0.25) is 14.2 Å². The Kier molecular flexibility index (Phi) is 4.75. The third-order valence-electron chi connectivity index (χ3n) is 4.24. The maximum absolute atomic E-state index is 13.9. The summed E-state index contributed by atoms with van der Waals surface area (Å²) in [5, 5.41) is 2.91. The average Bonchev–Trinajstić information content (AvgIpc) is 2.70. The SMILES string of the molecule is O=C(Nc1ccc(Br)cc1F)c1ccc2c(=O)n(-c3ccccc3)cnc2c1. The highest BCUT2D eigenvalue weighted by molar-refractivity contribution is 9.10. The Labute approximate surface area is 167 Å². The zero-order valence-electron chi connectivity index (χ0n) is 14.4. The van der Waals surface area contributed by atoms with Crippen LogP contribution in [0.4, 0.5) is 10.1 Å².